The quantitative estimate of drug-likeness (QED) is 0.443. The molecule has 112 valence electrons. The fourth-order valence-electron chi connectivity index (χ4n) is 1.77. The van der Waals surface area contributed by atoms with Gasteiger partial charge in [-0.2, -0.15) is 0 Å². The average molecular weight is 392 g/mol. The molecule has 5 nitrogen and oxygen atoms in total. The van der Waals surface area contributed by atoms with Crippen LogP contribution in [0, 0.1) is 0 Å². The number of nitrogens with two attached hydrogens (primary N) is 1. The smallest absolute Gasteiger partial charge is 0.227 e. The van der Waals surface area contributed by atoms with E-state index in [2.05, 4.69) is 31.3 Å². The predicted octanol–water partition coefficient (Wildman–Crippen LogP) is 4.58. The van der Waals surface area contributed by atoms with Gasteiger partial charge in [-0.3, -0.25) is 0 Å². The number of nitrogens with one attached hydrogen (secondary N) is 1. The van der Waals surface area contributed by atoms with Gasteiger partial charge in [-0.15, -0.1) is 0 Å². The van der Waals surface area contributed by atoms with Gasteiger partial charge >= 0.3 is 0 Å². The summed E-state index contributed by atoms with van der Waals surface area (Å²) in [5, 5.41) is 0.923. The number of hydrogen-bond acceptors (Lipinski definition) is 5. The number of nitrogen functional groups attached to an aromatic ring is 1. The second-order valence-electron chi connectivity index (χ2n) is 4.20. The van der Waals surface area contributed by atoms with Crippen molar-refractivity contribution in [2.24, 2.45) is 5.84 Å². The van der Waals surface area contributed by atoms with Crippen molar-refractivity contribution >= 4 is 44.9 Å². The van der Waals surface area contributed by atoms with Crippen LogP contribution in [0.25, 0.3) is 0 Å². The molecule has 8 heteroatoms. The normalized spacial score (nSPS) is 10.5. The van der Waals surface area contributed by atoms with Crippen molar-refractivity contribution in [3.63, 3.8) is 0 Å². The van der Waals surface area contributed by atoms with E-state index < -0.39 is 0 Å². The fourth-order valence-corrected chi connectivity index (χ4v) is 2.60. The van der Waals surface area contributed by atoms with Crippen molar-refractivity contribution in [3.8, 4) is 11.6 Å². The van der Waals surface area contributed by atoms with Gasteiger partial charge < -0.3 is 10.2 Å². The number of anilines is 1. The lowest BCUT2D eigenvalue weighted by atomic mass is 10.2. The Kier molecular flexibility index (Phi) is 5.64. The molecule has 1 aromatic carbocycles. The van der Waals surface area contributed by atoms with E-state index in [0.29, 0.717) is 32.0 Å². The zero-order chi connectivity index (χ0) is 15.4. The van der Waals surface area contributed by atoms with Crippen molar-refractivity contribution in [1.29, 1.82) is 0 Å². The van der Waals surface area contributed by atoms with Crippen LogP contribution in [0.3, 0.4) is 0 Å². The van der Waals surface area contributed by atoms with E-state index in [1.807, 2.05) is 6.92 Å². The Morgan fingerprint density at radius 2 is 2.05 bits per heavy atom. The van der Waals surface area contributed by atoms with E-state index in [0.717, 1.165) is 18.4 Å². The van der Waals surface area contributed by atoms with Gasteiger partial charge in [-0.25, -0.2) is 15.8 Å². The first-order valence-electron chi connectivity index (χ1n) is 6.19. The third-order valence-corrected chi connectivity index (χ3v) is 4.22. The molecule has 3 N–H and O–H groups in total. The number of ether oxygens (including phenoxy) is 1. The molecule has 0 spiro atoms. The maximum absolute atomic E-state index is 6.16. The van der Waals surface area contributed by atoms with Crippen molar-refractivity contribution < 1.29 is 4.74 Å². The Bertz CT molecular complexity index is 654. The summed E-state index contributed by atoms with van der Waals surface area (Å²) >= 11 is 15.5. The molecule has 21 heavy (non-hydrogen) atoms. The summed E-state index contributed by atoms with van der Waals surface area (Å²) in [5.74, 6) is 6.82. The Morgan fingerprint density at radius 3 is 2.71 bits per heavy atom. The van der Waals surface area contributed by atoms with Crippen molar-refractivity contribution in [2.45, 2.75) is 19.8 Å². The number of hydrazine groups is 1. The van der Waals surface area contributed by atoms with Crippen LogP contribution in [0.5, 0.6) is 11.6 Å². The average Bonchev–Trinajstić information content (AvgIpc) is 2.46. The van der Waals surface area contributed by atoms with Crippen LogP contribution in [0.1, 0.15) is 18.9 Å². The third-order valence-electron chi connectivity index (χ3n) is 2.72. The van der Waals surface area contributed by atoms with Crippen LogP contribution in [-0.4, -0.2) is 9.97 Å². The number of halogens is 3. The van der Waals surface area contributed by atoms with Gasteiger partial charge in [0.2, 0.25) is 5.88 Å². The van der Waals surface area contributed by atoms with E-state index in [-0.39, 0.29) is 0 Å². The summed E-state index contributed by atoms with van der Waals surface area (Å²) < 4.78 is 6.48. The SMILES string of the molecule is CCCc1c(NN)ncnc1Oc1cc(Cl)c(Br)cc1Cl. The lowest BCUT2D eigenvalue weighted by molar-refractivity contribution is 0.454. The Hall–Kier alpha value is -1.08. The number of hydrogen-bond donors (Lipinski definition) is 2. The molecule has 0 atom stereocenters. The molecule has 0 radical (unpaired) electrons. The minimum absolute atomic E-state index is 0.403. The molecule has 0 fully saturated rings. The van der Waals surface area contributed by atoms with Gasteiger partial charge in [-0.1, -0.05) is 36.5 Å². The van der Waals surface area contributed by atoms with E-state index >= 15 is 0 Å². The minimum Gasteiger partial charge on any atom is -0.437 e. The molecule has 0 saturated heterocycles. The van der Waals surface area contributed by atoms with E-state index in [1.54, 1.807) is 12.1 Å². The highest BCUT2D eigenvalue weighted by molar-refractivity contribution is 9.10. The van der Waals surface area contributed by atoms with Crippen molar-refractivity contribution in [3.05, 3.63) is 38.5 Å². The Labute approximate surface area is 140 Å². The summed E-state index contributed by atoms with van der Waals surface area (Å²) in [7, 11) is 0. The number of nitrogens with zero attached hydrogens (tertiary/aromatic N) is 2. The second-order valence-corrected chi connectivity index (χ2v) is 5.87. The zero-order valence-corrected chi connectivity index (χ0v) is 14.3. The molecule has 0 aliphatic carbocycles. The third kappa shape index (κ3) is 3.77. The first-order valence-corrected chi connectivity index (χ1v) is 7.74. The van der Waals surface area contributed by atoms with Crippen LogP contribution in [0.4, 0.5) is 5.82 Å². The molecule has 0 saturated carbocycles. The standard InChI is InChI=1S/C13H13BrCl2N4O/c1-2-3-7-12(20-17)18-6-19-13(7)21-11-5-9(15)8(14)4-10(11)16/h4-6H,2-3,17H2,1H3,(H,18,19,20). The van der Waals surface area contributed by atoms with Gasteiger partial charge in [-0.05, 0) is 28.4 Å². The summed E-state index contributed by atoms with van der Waals surface area (Å²) in [6, 6.07) is 3.29. The summed E-state index contributed by atoms with van der Waals surface area (Å²) in [6.45, 7) is 2.04. The summed E-state index contributed by atoms with van der Waals surface area (Å²) in [6.07, 6.45) is 2.99. The van der Waals surface area contributed by atoms with Gasteiger partial charge in [0.05, 0.1) is 15.6 Å². The lowest BCUT2D eigenvalue weighted by Crippen LogP contribution is -2.12. The first-order chi connectivity index (χ1) is 10.1. The maximum Gasteiger partial charge on any atom is 0.227 e. The van der Waals surface area contributed by atoms with Crippen molar-refractivity contribution in [1.82, 2.24) is 9.97 Å². The fraction of sp³-hybridized carbons (Fsp3) is 0.231. The largest absolute Gasteiger partial charge is 0.437 e. The van der Waals surface area contributed by atoms with Crippen LogP contribution < -0.4 is 16.0 Å². The molecule has 2 aromatic rings. The molecule has 0 aliphatic rings. The monoisotopic (exact) mass is 390 g/mol. The summed E-state index contributed by atoms with van der Waals surface area (Å²) in [5.41, 5.74) is 3.33. The molecule has 0 bridgehead atoms. The van der Waals surface area contributed by atoms with E-state index in [9.17, 15) is 0 Å². The lowest BCUT2D eigenvalue weighted by Gasteiger charge is -2.13. The summed E-state index contributed by atoms with van der Waals surface area (Å²) in [4.78, 5) is 8.23. The molecule has 0 aliphatic heterocycles. The predicted molar refractivity (Wildman–Crippen MR) is 88.1 cm³/mol. The zero-order valence-electron chi connectivity index (χ0n) is 11.2. The van der Waals surface area contributed by atoms with E-state index in [4.69, 9.17) is 33.8 Å². The topological polar surface area (TPSA) is 73.1 Å². The Balaban J connectivity index is 2.42. The number of aromatic nitrogens is 2. The van der Waals surface area contributed by atoms with Gasteiger partial charge in [0, 0.05) is 10.5 Å². The molecular weight excluding hydrogens is 379 g/mol. The second kappa shape index (κ2) is 7.26. The van der Waals surface area contributed by atoms with E-state index in [1.165, 1.54) is 6.33 Å². The highest BCUT2D eigenvalue weighted by Gasteiger charge is 2.15. The highest BCUT2D eigenvalue weighted by Crippen LogP contribution is 2.37. The molecular formula is C13H13BrCl2N4O. The van der Waals surface area contributed by atoms with Crippen LogP contribution in [0.15, 0.2) is 22.9 Å². The van der Waals surface area contributed by atoms with Crippen LogP contribution in [-0.2, 0) is 6.42 Å². The molecule has 1 heterocycles. The number of benzene rings is 1. The van der Waals surface area contributed by atoms with Gasteiger partial charge in [0.25, 0.3) is 0 Å². The Morgan fingerprint density at radius 1 is 1.29 bits per heavy atom. The molecule has 0 unspecified atom stereocenters. The van der Waals surface area contributed by atoms with Gasteiger partial charge in [0.1, 0.15) is 17.9 Å². The highest BCUT2D eigenvalue weighted by atomic mass is 79.9. The van der Waals surface area contributed by atoms with Crippen LogP contribution >= 0.6 is 39.1 Å². The van der Waals surface area contributed by atoms with Crippen molar-refractivity contribution in [2.75, 3.05) is 5.43 Å². The first kappa shape index (κ1) is 16.3. The van der Waals surface area contributed by atoms with Crippen LogP contribution in [0.2, 0.25) is 10.0 Å². The molecule has 1 aromatic heterocycles. The molecule has 2 rings (SSSR count). The maximum atomic E-state index is 6.16. The van der Waals surface area contributed by atoms with Gasteiger partial charge in [0.15, 0.2) is 0 Å². The minimum atomic E-state index is 0.403. The molecule has 0 amide bonds. The number of rotatable bonds is 5.